The van der Waals surface area contributed by atoms with E-state index in [2.05, 4.69) is 20.8 Å². The Morgan fingerprint density at radius 3 is 1.57 bits per heavy atom. The van der Waals surface area contributed by atoms with Crippen molar-refractivity contribution in [1.82, 2.24) is 0 Å². The molecule has 35 heavy (non-hydrogen) atoms. The second-order valence-corrected chi connectivity index (χ2v) is 10.6. The Balaban J connectivity index is 2.42. The number of ether oxygens (including phenoxy) is 1. The number of carboxylic acid groups (broad SMARTS) is 1. The third-order valence-corrected chi connectivity index (χ3v) is 6.84. The Hall–Kier alpha value is -1.84. The molecule has 0 spiro atoms. The van der Waals surface area contributed by atoms with Gasteiger partial charge in [0.25, 0.3) is 0 Å². The third kappa shape index (κ3) is 15.7. The van der Waals surface area contributed by atoms with Crippen LogP contribution in [0.1, 0.15) is 157 Å². The van der Waals surface area contributed by atoms with Crippen LogP contribution in [0, 0.1) is 5.92 Å². The molecular weight excluding hydrogens is 436 g/mol. The molecule has 0 heterocycles. The number of rotatable bonds is 22. The molecule has 0 saturated carbocycles. The van der Waals surface area contributed by atoms with Gasteiger partial charge in [0.05, 0.1) is 11.1 Å². The first kappa shape index (κ1) is 31.2. The Labute approximate surface area is 215 Å². The minimum atomic E-state index is -1.09. The van der Waals surface area contributed by atoms with E-state index in [4.69, 9.17) is 4.74 Å². The summed E-state index contributed by atoms with van der Waals surface area (Å²) in [6.07, 6.45) is 21.8. The molecule has 1 unspecified atom stereocenters. The smallest absolute Gasteiger partial charge is 0.339 e. The molecule has 1 rings (SSSR count). The fraction of sp³-hybridized carbons (Fsp3) is 0.742. The number of carbonyl (C=O) groups is 2. The lowest BCUT2D eigenvalue weighted by molar-refractivity contribution is 0.0244. The fourth-order valence-corrected chi connectivity index (χ4v) is 4.64. The molecule has 1 aromatic carbocycles. The van der Waals surface area contributed by atoms with E-state index < -0.39 is 11.9 Å². The Morgan fingerprint density at radius 1 is 0.686 bits per heavy atom. The van der Waals surface area contributed by atoms with Crippen molar-refractivity contribution in [3.05, 3.63) is 35.4 Å². The molecule has 200 valence electrons. The van der Waals surface area contributed by atoms with Crippen LogP contribution in [0.4, 0.5) is 0 Å². The maximum absolute atomic E-state index is 12.8. The highest BCUT2D eigenvalue weighted by molar-refractivity contribution is 6.02. The van der Waals surface area contributed by atoms with Gasteiger partial charge in [0.1, 0.15) is 6.10 Å². The van der Waals surface area contributed by atoms with Crippen LogP contribution in [0.15, 0.2) is 24.3 Å². The van der Waals surface area contributed by atoms with Crippen LogP contribution in [0.5, 0.6) is 0 Å². The van der Waals surface area contributed by atoms with E-state index in [-0.39, 0.29) is 17.2 Å². The molecule has 0 fully saturated rings. The van der Waals surface area contributed by atoms with Gasteiger partial charge >= 0.3 is 11.9 Å². The number of aromatic carboxylic acids is 1. The van der Waals surface area contributed by atoms with E-state index in [0.29, 0.717) is 0 Å². The van der Waals surface area contributed by atoms with Crippen molar-refractivity contribution in [3.8, 4) is 0 Å². The SMILES string of the molecule is CCCCCCCCCCCCCC(CCCCCCC(C)C)OC(=O)c1ccccc1C(=O)O. The summed E-state index contributed by atoms with van der Waals surface area (Å²) in [6, 6.07) is 6.35. The summed E-state index contributed by atoms with van der Waals surface area (Å²) in [4.78, 5) is 24.3. The number of hydrogen-bond acceptors (Lipinski definition) is 3. The molecule has 1 aromatic rings. The summed E-state index contributed by atoms with van der Waals surface area (Å²) in [5, 5.41) is 9.42. The minimum Gasteiger partial charge on any atom is -0.478 e. The van der Waals surface area contributed by atoms with Gasteiger partial charge < -0.3 is 9.84 Å². The van der Waals surface area contributed by atoms with Crippen molar-refractivity contribution >= 4 is 11.9 Å². The zero-order chi connectivity index (χ0) is 25.7. The van der Waals surface area contributed by atoms with Gasteiger partial charge in [-0.25, -0.2) is 9.59 Å². The quantitative estimate of drug-likeness (QED) is 0.130. The van der Waals surface area contributed by atoms with Gasteiger partial charge in [-0.15, -0.1) is 0 Å². The minimum absolute atomic E-state index is 0.0135. The van der Waals surface area contributed by atoms with Crippen molar-refractivity contribution in [3.63, 3.8) is 0 Å². The van der Waals surface area contributed by atoms with Gasteiger partial charge in [-0.3, -0.25) is 0 Å². The van der Waals surface area contributed by atoms with Gasteiger partial charge in [-0.1, -0.05) is 123 Å². The predicted octanol–water partition coefficient (Wildman–Crippen LogP) is 9.61. The molecule has 4 heteroatoms. The molecule has 0 bridgehead atoms. The summed E-state index contributed by atoms with van der Waals surface area (Å²) in [5.41, 5.74) is 0.167. The average Bonchev–Trinajstić information content (AvgIpc) is 2.84. The molecule has 0 radical (unpaired) electrons. The van der Waals surface area contributed by atoms with Crippen molar-refractivity contribution in [2.75, 3.05) is 0 Å². The van der Waals surface area contributed by atoms with E-state index in [0.717, 1.165) is 38.0 Å². The fourth-order valence-electron chi connectivity index (χ4n) is 4.64. The second-order valence-electron chi connectivity index (χ2n) is 10.6. The maximum Gasteiger partial charge on any atom is 0.339 e. The molecule has 4 nitrogen and oxygen atoms in total. The van der Waals surface area contributed by atoms with Crippen molar-refractivity contribution in [1.29, 1.82) is 0 Å². The van der Waals surface area contributed by atoms with E-state index >= 15 is 0 Å². The topological polar surface area (TPSA) is 63.6 Å². The first-order valence-electron chi connectivity index (χ1n) is 14.5. The third-order valence-electron chi connectivity index (χ3n) is 6.84. The molecular formula is C31H52O4. The largest absolute Gasteiger partial charge is 0.478 e. The first-order valence-corrected chi connectivity index (χ1v) is 14.5. The Kier molecular flexibility index (Phi) is 18.1. The van der Waals surface area contributed by atoms with Crippen LogP contribution in [0.3, 0.4) is 0 Å². The van der Waals surface area contributed by atoms with Gasteiger partial charge in [0.2, 0.25) is 0 Å². The summed E-state index contributed by atoms with van der Waals surface area (Å²) >= 11 is 0. The zero-order valence-electron chi connectivity index (χ0n) is 22.9. The van der Waals surface area contributed by atoms with Crippen LogP contribution < -0.4 is 0 Å². The van der Waals surface area contributed by atoms with E-state index in [1.165, 1.54) is 89.5 Å². The van der Waals surface area contributed by atoms with Crippen LogP contribution >= 0.6 is 0 Å². The lowest BCUT2D eigenvalue weighted by atomic mass is 10.00. The molecule has 0 aliphatic heterocycles. The monoisotopic (exact) mass is 488 g/mol. The lowest BCUT2D eigenvalue weighted by Crippen LogP contribution is -2.20. The molecule has 1 N–H and O–H groups in total. The maximum atomic E-state index is 12.8. The number of benzene rings is 1. The lowest BCUT2D eigenvalue weighted by Gasteiger charge is -2.19. The summed E-state index contributed by atoms with van der Waals surface area (Å²) in [6.45, 7) is 6.78. The van der Waals surface area contributed by atoms with Crippen LogP contribution in [-0.2, 0) is 4.74 Å². The normalized spacial score (nSPS) is 12.1. The number of esters is 1. The van der Waals surface area contributed by atoms with Crippen molar-refractivity contribution in [2.24, 2.45) is 5.92 Å². The molecule has 1 atom stereocenters. The molecule has 0 amide bonds. The first-order chi connectivity index (χ1) is 17.0. The van der Waals surface area contributed by atoms with E-state index in [1.54, 1.807) is 18.2 Å². The van der Waals surface area contributed by atoms with E-state index in [9.17, 15) is 14.7 Å². The summed E-state index contributed by atoms with van der Waals surface area (Å²) < 4.78 is 5.86. The average molecular weight is 489 g/mol. The standard InChI is InChI=1S/C31H52O4/c1-4-5-6-7-8-9-10-11-12-13-17-22-27(23-18-15-14-16-21-26(2)3)35-31(34)29-25-20-19-24-28(29)30(32)33/h19-20,24-27H,4-18,21-23H2,1-3H3,(H,32,33). The highest BCUT2D eigenvalue weighted by Crippen LogP contribution is 2.20. The van der Waals surface area contributed by atoms with Crippen LogP contribution in [0.2, 0.25) is 0 Å². The Morgan fingerprint density at radius 2 is 1.11 bits per heavy atom. The van der Waals surface area contributed by atoms with Crippen LogP contribution in [-0.4, -0.2) is 23.1 Å². The van der Waals surface area contributed by atoms with Crippen molar-refractivity contribution < 1.29 is 19.4 Å². The van der Waals surface area contributed by atoms with Gasteiger partial charge in [0, 0.05) is 0 Å². The second kappa shape index (κ2) is 20.4. The Bertz CT molecular complexity index is 682. The summed E-state index contributed by atoms with van der Waals surface area (Å²) in [7, 11) is 0. The molecule has 0 aliphatic carbocycles. The number of hydrogen-bond donors (Lipinski definition) is 1. The van der Waals surface area contributed by atoms with Gasteiger partial charge in [-0.2, -0.15) is 0 Å². The predicted molar refractivity (Wildman–Crippen MR) is 146 cm³/mol. The van der Waals surface area contributed by atoms with Gasteiger partial charge in [-0.05, 0) is 43.7 Å². The molecule has 0 aromatic heterocycles. The van der Waals surface area contributed by atoms with Crippen LogP contribution in [0.25, 0.3) is 0 Å². The highest BCUT2D eigenvalue weighted by Gasteiger charge is 2.21. The molecule has 0 aliphatic rings. The van der Waals surface area contributed by atoms with Gasteiger partial charge in [0.15, 0.2) is 0 Å². The van der Waals surface area contributed by atoms with E-state index in [1.807, 2.05) is 0 Å². The zero-order valence-corrected chi connectivity index (χ0v) is 22.9. The number of carbonyl (C=O) groups excluding carboxylic acids is 1. The number of carboxylic acids is 1. The van der Waals surface area contributed by atoms with Crippen molar-refractivity contribution in [2.45, 2.75) is 142 Å². The molecule has 0 saturated heterocycles. The summed E-state index contributed by atoms with van der Waals surface area (Å²) in [5.74, 6) is -0.848. The highest BCUT2D eigenvalue weighted by atomic mass is 16.5. The number of unbranched alkanes of at least 4 members (excludes halogenated alkanes) is 13.